The first-order valence-corrected chi connectivity index (χ1v) is 1.80. The topological polar surface area (TPSA) is 0 Å². The van der Waals surface area contributed by atoms with Crippen molar-refractivity contribution in [3.63, 3.8) is 0 Å². The van der Waals surface area contributed by atoms with Crippen molar-refractivity contribution < 1.29 is 16.5 Å². The summed E-state index contributed by atoms with van der Waals surface area (Å²) in [5, 5.41) is 0. The largest absolute Gasteiger partial charge is 0 e. The Hall–Kier alpha value is 2.19. The Kier molecular flexibility index (Phi) is 77.7. The van der Waals surface area contributed by atoms with Gasteiger partial charge >= 0.3 is 29.6 Å². The normalized spacial score (nSPS) is 1.50. The second-order valence-corrected chi connectivity index (χ2v) is 0. The number of thiol groups is 2. The van der Waals surface area contributed by atoms with Crippen LogP contribution >= 0.6 is 23.3 Å². The maximum absolute atomic E-state index is 3.22. The minimum atomic E-state index is 0. The predicted octanol–water partition coefficient (Wildman–Crippen LogP) is 0.110. The van der Waals surface area contributed by atoms with Gasteiger partial charge in [-0.3, -0.25) is 0 Å². The van der Waals surface area contributed by atoms with Gasteiger partial charge in [-0.1, -0.05) is 0 Å². The van der Waals surface area contributed by atoms with Crippen LogP contribution in [0.4, 0.5) is 0 Å². The third kappa shape index (κ3) is 8.89. The molecule has 0 bridgehead atoms. The fraction of sp³-hybridized carbons (Fsp3) is 0. The van der Waals surface area contributed by atoms with Gasteiger partial charge in [0.05, 0.1) is 0 Å². The predicted molar refractivity (Wildman–Crippen MR) is 25.1 cm³/mol. The van der Waals surface area contributed by atoms with E-state index in [0.29, 0.717) is 0 Å². The number of hydrogen-bond donors (Lipinski definition) is 2. The Morgan fingerprint density at radius 2 is 1.00 bits per heavy atom. The van der Waals surface area contributed by atoms with Crippen LogP contribution in [0.3, 0.4) is 0 Å². The molecule has 4 heteroatoms. The Morgan fingerprint density at radius 3 is 1.00 bits per heavy atom. The van der Waals surface area contributed by atoms with E-state index < -0.39 is 0 Å². The molecule has 0 rings (SSSR count). The summed E-state index contributed by atoms with van der Waals surface area (Å²) >= 11 is 6.44. The molecule has 0 aliphatic heterocycles. The zero-order chi connectivity index (χ0) is 2.00. The van der Waals surface area contributed by atoms with Crippen molar-refractivity contribution in [2.45, 2.75) is 0 Å². The summed E-state index contributed by atoms with van der Waals surface area (Å²) in [5.41, 5.74) is 0. The Morgan fingerprint density at radius 1 is 1.00 bits per heavy atom. The van der Waals surface area contributed by atoms with E-state index in [9.17, 15) is 0 Å². The SMILES string of the molecule is SS.[NaH].[Ni]. The van der Waals surface area contributed by atoms with Gasteiger partial charge in [0.15, 0.2) is 0 Å². The Labute approximate surface area is 68.5 Å². The van der Waals surface area contributed by atoms with Crippen LogP contribution in [0.15, 0.2) is 0 Å². The Bertz CT molecular complexity index is 6.00. The van der Waals surface area contributed by atoms with Crippen LogP contribution in [0.2, 0.25) is 0 Å². The molecule has 4 heavy (non-hydrogen) atoms. The van der Waals surface area contributed by atoms with Crippen molar-refractivity contribution in [1.82, 2.24) is 0 Å². The van der Waals surface area contributed by atoms with Gasteiger partial charge < -0.3 is 0 Å². The molecule has 0 aliphatic rings. The minimum absolute atomic E-state index is 0. The third-order valence-corrected chi connectivity index (χ3v) is 0. The van der Waals surface area contributed by atoms with Crippen LogP contribution < -0.4 is 0 Å². The van der Waals surface area contributed by atoms with Crippen molar-refractivity contribution in [3.8, 4) is 0 Å². The van der Waals surface area contributed by atoms with Gasteiger partial charge in [-0.05, 0) is 0 Å². The molecule has 26 valence electrons. The number of hydrogen-bond acceptors (Lipinski definition) is 2. The van der Waals surface area contributed by atoms with E-state index in [-0.39, 0.29) is 46.0 Å². The molecule has 0 N–H and O–H groups in total. The van der Waals surface area contributed by atoms with Gasteiger partial charge in [0.2, 0.25) is 0 Å². The van der Waals surface area contributed by atoms with Crippen molar-refractivity contribution in [1.29, 1.82) is 0 Å². The molecule has 0 aromatic carbocycles. The summed E-state index contributed by atoms with van der Waals surface area (Å²) in [6.07, 6.45) is 0. The molecule has 0 saturated carbocycles. The summed E-state index contributed by atoms with van der Waals surface area (Å²) in [7, 11) is 0. The van der Waals surface area contributed by atoms with E-state index in [2.05, 4.69) is 23.3 Å². The molecule has 0 fully saturated rings. The molecule has 0 heterocycles. The van der Waals surface area contributed by atoms with E-state index >= 15 is 0 Å². The second kappa shape index (κ2) is 19.0. The second-order valence-electron chi connectivity index (χ2n) is 0. The first-order chi connectivity index (χ1) is 1.00. The molecular weight excluding hydrogens is 146 g/mol. The Balaban J connectivity index is -0.00000000500. The van der Waals surface area contributed by atoms with Crippen LogP contribution in [0.1, 0.15) is 0 Å². The molecular formula is H3NaNiS2. The van der Waals surface area contributed by atoms with E-state index in [0.717, 1.165) is 0 Å². The summed E-state index contributed by atoms with van der Waals surface area (Å²) < 4.78 is 0. The maximum Gasteiger partial charge on any atom is 0 e. The minimum Gasteiger partial charge on any atom is 0 e. The van der Waals surface area contributed by atoms with Crippen LogP contribution in [0, 0.1) is 0 Å². The first-order valence-electron chi connectivity index (χ1n) is 0.200. The molecule has 0 spiro atoms. The number of rotatable bonds is 0. The van der Waals surface area contributed by atoms with Crippen LogP contribution in [0.25, 0.3) is 0 Å². The molecule has 0 aromatic heterocycles. The van der Waals surface area contributed by atoms with E-state index in [1.807, 2.05) is 0 Å². The van der Waals surface area contributed by atoms with Crippen molar-refractivity contribution >= 4 is 52.9 Å². The van der Waals surface area contributed by atoms with E-state index in [1.165, 1.54) is 0 Å². The van der Waals surface area contributed by atoms with Crippen molar-refractivity contribution in [2.75, 3.05) is 0 Å². The van der Waals surface area contributed by atoms with E-state index in [4.69, 9.17) is 0 Å². The van der Waals surface area contributed by atoms with Crippen molar-refractivity contribution in [3.05, 3.63) is 0 Å². The van der Waals surface area contributed by atoms with Gasteiger partial charge in [0.1, 0.15) is 0 Å². The molecule has 0 amide bonds. The van der Waals surface area contributed by atoms with Crippen molar-refractivity contribution in [2.24, 2.45) is 0 Å². The molecule has 0 nitrogen and oxygen atoms in total. The van der Waals surface area contributed by atoms with Crippen LogP contribution in [-0.4, -0.2) is 29.6 Å². The summed E-state index contributed by atoms with van der Waals surface area (Å²) in [6.45, 7) is 0. The van der Waals surface area contributed by atoms with Crippen LogP contribution in [0.5, 0.6) is 0 Å². The smallest absolute Gasteiger partial charge is 0 e. The molecule has 0 aliphatic carbocycles. The fourth-order valence-electron chi connectivity index (χ4n) is 0. The van der Waals surface area contributed by atoms with E-state index in [1.54, 1.807) is 0 Å². The molecule has 0 saturated heterocycles. The van der Waals surface area contributed by atoms with Gasteiger partial charge in [-0.15, -0.1) is 23.3 Å². The van der Waals surface area contributed by atoms with Gasteiger partial charge in [0.25, 0.3) is 0 Å². The van der Waals surface area contributed by atoms with Gasteiger partial charge in [0, 0.05) is 16.5 Å². The fourth-order valence-corrected chi connectivity index (χ4v) is 0. The summed E-state index contributed by atoms with van der Waals surface area (Å²) in [6, 6.07) is 0. The monoisotopic (exact) mass is 148 g/mol. The quantitative estimate of drug-likeness (QED) is 0.272. The van der Waals surface area contributed by atoms with Crippen LogP contribution in [-0.2, 0) is 16.5 Å². The van der Waals surface area contributed by atoms with Gasteiger partial charge in [-0.25, -0.2) is 0 Å². The first kappa shape index (κ1) is 16.4. The molecule has 0 atom stereocenters. The zero-order valence-electron chi connectivity index (χ0n) is 1.21. The zero-order valence-corrected chi connectivity index (χ0v) is 3.99. The third-order valence-electron chi connectivity index (χ3n) is 0. The molecule has 0 unspecified atom stereocenters. The summed E-state index contributed by atoms with van der Waals surface area (Å²) in [4.78, 5) is 0. The summed E-state index contributed by atoms with van der Waals surface area (Å²) in [5.74, 6) is 0. The standard InChI is InChI=1S/Na.Ni.H2S2.H/c;;1-2;/h;;1-2H;. The maximum atomic E-state index is 3.22. The average molecular weight is 149 g/mol. The molecule has 0 aromatic rings. The average Bonchev–Trinajstić information content (AvgIpc) is 1.00. The molecule has 0 radical (unpaired) electrons. The van der Waals surface area contributed by atoms with Gasteiger partial charge in [-0.2, -0.15) is 0 Å².